The van der Waals surface area contributed by atoms with Crippen molar-refractivity contribution >= 4 is 11.7 Å². The molecule has 1 atom stereocenters. The average Bonchev–Trinajstić information content (AvgIpc) is 3.09. The van der Waals surface area contributed by atoms with E-state index in [4.69, 9.17) is 0 Å². The second-order valence-electron chi connectivity index (χ2n) is 6.40. The quantitative estimate of drug-likeness (QED) is 0.741. The van der Waals surface area contributed by atoms with E-state index in [1.807, 2.05) is 18.2 Å². The lowest BCUT2D eigenvalue weighted by Gasteiger charge is -2.34. The molecular formula is C19H20N6O. The van der Waals surface area contributed by atoms with Crippen LogP contribution in [0.3, 0.4) is 0 Å². The average molecular weight is 348 g/mol. The molecule has 26 heavy (non-hydrogen) atoms. The van der Waals surface area contributed by atoms with Gasteiger partial charge in [-0.25, -0.2) is 19.4 Å². The van der Waals surface area contributed by atoms with Gasteiger partial charge in [0, 0.05) is 12.4 Å². The maximum atomic E-state index is 12.5. The Kier molecular flexibility index (Phi) is 4.59. The second-order valence-corrected chi connectivity index (χ2v) is 6.40. The Balaban J connectivity index is 1.43. The highest BCUT2D eigenvalue weighted by atomic mass is 16.2. The van der Waals surface area contributed by atoms with E-state index in [1.54, 1.807) is 30.9 Å². The van der Waals surface area contributed by atoms with Gasteiger partial charge in [-0.05, 0) is 30.4 Å². The van der Waals surface area contributed by atoms with Crippen molar-refractivity contribution in [1.82, 2.24) is 25.1 Å². The molecule has 1 unspecified atom stereocenters. The van der Waals surface area contributed by atoms with Gasteiger partial charge in [-0.2, -0.15) is 5.10 Å². The van der Waals surface area contributed by atoms with Crippen molar-refractivity contribution in [2.24, 2.45) is 5.92 Å². The van der Waals surface area contributed by atoms with Crippen LogP contribution in [-0.2, 0) is 0 Å². The van der Waals surface area contributed by atoms with Crippen LogP contribution in [-0.4, -0.2) is 25.8 Å². The first kappa shape index (κ1) is 16.3. The number of carbonyl (C=O) groups is 1. The topological polar surface area (TPSA) is 84.7 Å². The predicted octanol–water partition coefficient (Wildman–Crippen LogP) is 3.33. The predicted molar refractivity (Wildman–Crippen MR) is 97.8 cm³/mol. The van der Waals surface area contributed by atoms with Crippen LogP contribution < -0.4 is 10.6 Å². The molecule has 7 nitrogen and oxygen atoms in total. The van der Waals surface area contributed by atoms with E-state index >= 15 is 0 Å². The van der Waals surface area contributed by atoms with Crippen molar-refractivity contribution < 1.29 is 4.79 Å². The van der Waals surface area contributed by atoms with Crippen molar-refractivity contribution in [3.8, 4) is 5.95 Å². The zero-order valence-corrected chi connectivity index (χ0v) is 14.2. The number of hydrogen-bond donors (Lipinski definition) is 2. The molecule has 3 aromatic rings. The lowest BCUT2D eigenvalue weighted by molar-refractivity contribution is 0.216. The van der Waals surface area contributed by atoms with Crippen LogP contribution >= 0.6 is 0 Å². The van der Waals surface area contributed by atoms with Gasteiger partial charge in [-0.15, -0.1) is 0 Å². The van der Waals surface area contributed by atoms with E-state index in [2.05, 4.69) is 37.8 Å². The monoisotopic (exact) mass is 348 g/mol. The molecule has 2 N–H and O–H groups in total. The number of urea groups is 1. The molecule has 1 aliphatic rings. The number of benzene rings is 1. The standard InChI is InChI=1S/C19H20N6O/c26-19(23-16-12-22-25(13-16)18-20-10-5-11-21-18)24-17(15-8-4-9-15)14-6-2-1-3-7-14/h1-3,5-7,10-13,15,17H,4,8-9H2,(H2,23,24,26). The normalized spacial score (nSPS) is 15.1. The molecule has 1 fully saturated rings. The van der Waals surface area contributed by atoms with Crippen LogP contribution in [0.1, 0.15) is 30.9 Å². The Hall–Kier alpha value is -3.22. The van der Waals surface area contributed by atoms with Crippen LogP contribution in [0.2, 0.25) is 0 Å². The van der Waals surface area contributed by atoms with Gasteiger partial charge >= 0.3 is 6.03 Å². The van der Waals surface area contributed by atoms with Gasteiger partial charge in [-0.1, -0.05) is 36.8 Å². The molecule has 2 amide bonds. The van der Waals surface area contributed by atoms with E-state index in [-0.39, 0.29) is 12.1 Å². The largest absolute Gasteiger partial charge is 0.331 e. The summed E-state index contributed by atoms with van der Waals surface area (Å²) in [5.74, 6) is 0.946. The Morgan fingerprint density at radius 3 is 2.58 bits per heavy atom. The number of anilines is 1. The molecule has 1 aliphatic carbocycles. The van der Waals surface area contributed by atoms with Gasteiger partial charge in [0.15, 0.2) is 0 Å². The molecule has 2 aromatic heterocycles. The molecule has 0 spiro atoms. The van der Waals surface area contributed by atoms with Gasteiger partial charge in [0.05, 0.1) is 24.1 Å². The third kappa shape index (κ3) is 3.56. The van der Waals surface area contributed by atoms with E-state index < -0.39 is 0 Å². The third-order valence-corrected chi connectivity index (χ3v) is 4.66. The fraction of sp³-hybridized carbons (Fsp3) is 0.263. The fourth-order valence-electron chi connectivity index (χ4n) is 3.12. The van der Waals surface area contributed by atoms with E-state index in [0.717, 1.165) is 18.4 Å². The van der Waals surface area contributed by atoms with E-state index in [1.165, 1.54) is 11.1 Å². The Bertz CT molecular complexity index is 860. The fourth-order valence-corrected chi connectivity index (χ4v) is 3.12. The zero-order chi connectivity index (χ0) is 17.8. The minimum atomic E-state index is -0.237. The van der Waals surface area contributed by atoms with E-state index in [0.29, 0.717) is 17.6 Å². The second kappa shape index (κ2) is 7.35. The summed E-state index contributed by atoms with van der Waals surface area (Å²) < 4.78 is 1.52. The number of nitrogens with one attached hydrogen (secondary N) is 2. The Labute approximate surface area is 151 Å². The van der Waals surface area contributed by atoms with Crippen LogP contribution in [0.5, 0.6) is 0 Å². The number of rotatable bonds is 5. The van der Waals surface area contributed by atoms with Crippen molar-refractivity contribution in [2.45, 2.75) is 25.3 Å². The van der Waals surface area contributed by atoms with Gasteiger partial charge < -0.3 is 10.6 Å². The molecule has 2 heterocycles. The maximum Gasteiger partial charge on any atom is 0.319 e. The summed E-state index contributed by atoms with van der Waals surface area (Å²) >= 11 is 0. The molecule has 1 aromatic carbocycles. The summed E-state index contributed by atoms with van der Waals surface area (Å²) in [5, 5.41) is 10.1. The van der Waals surface area contributed by atoms with Crippen LogP contribution in [0.25, 0.3) is 5.95 Å². The van der Waals surface area contributed by atoms with Crippen molar-refractivity contribution in [2.75, 3.05) is 5.32 Å². The molecule has 7 heteroatoms. The number of amides is 2. The molecule has 1 saturated carbocycles. The van der Waals surface area contributed by atoms with Crippen molar-refractivity contribution in [3.05, 3.63) is 66.7 Å². The lowest BCUT2D eigenvalue weighted by atomic mass is 9.77. The third-order valence-electron chi connectivity index (χ3n) is 4.66. The first-order valence-electron chi connectivity index (χ1n) is 8.74. The highest BCUT2D eigenvalue weighted by Gasteiger charge is 2.29. The van der Waals surface area contributed by atoms with Crippen molar-refractivity contribution in [1.29, 1.82) is 0 Å². The van der Waals surface area contributed by atoms with Crippen LogP contribution in [0.4, 0.5) is 10.5 Å². The van der Waals surface area contributed by atoms with Crippen LogP contribution in [0, 0.1) is 5.92 Å². The van der Waals surface area contributed by atoms with Gasteiger partial charge in [0.2, 0.25) is 5.95 Å². The van der Waals surface area contributed by atoms with E-state index in [9.17, 15) is 4.79 Å². The van der Waals surface area contributed by atoms with Gasteiger partial charge in [0.25, 0.3) is 0 Å². The summed E-state index contributed by atoms with van der Waals surface area (Å²) in [5.41, 5.74) is 1.73. The molecular weight excluding hydrogens is 328 g/mol. The molecule has 0 saturated heterocycles. The smallest absolute Gasteiger partial charge is 0.319 e. The minimum absolute atomic E-state index is 0.0254. The number of hydrogen-bond acceptors (Lipinski definition) is 4. The Morgan fingerprint density at radius 1 is 1.12 bits per heavy atom. The van der Waals surface area contributed by atoms with Gasteiger partial charge in [-0.3, -0.25) is 0 Å². The molecule has 0 radical (unpaired) electrons. The summed E-state index contributed by atoms with van der Waals surface area (Å²) in [4.78, 5) is 20.8. The van der Waals surface area contributed by atoms with Crippen molar-refractivity contribution in [3.63, 3.8) is 0 Å². The summed E-state index contributed by atoms with van der Waals surface area (Å²) in [6.45, 7) is 0. The maximum absolute atomic E-state index is 12.5. The highest BCUT2D eigenvalue weighted by Crippen LogP contribution is 2.37. The first-order valence-corrected chi connectivity index (χ1v) is 8.74. The summed E-state index contributed by atoms with van der Waals surface area (Å²) in [7, 11) is 0. The number of carbonyl (C=O) groups excluding carboxylic acids is 1. The zero-order valence-electron chi connectivity index (χ0n) is 14.2. The molecule has 0 aliphatic heterocycles. The minimum Gasteiger partial charge on any atom is -0.331 e. The molecule has 4 rings (SSSR count). The highest BCUT2D eigenvalue weighted by molar-refractivity contribution is 5.89. The number of aromatic nitrogens is 4. The lowest BCUT2D eigenvalue weighted by Crippen LogP contribution is -2.38. The van der Waals surface area contributed by atoms with Crippen LogP contribution in [0.15, 0.2) is 61.2 Å². The SMILES string of the molecule is O=C(Nc1cnn(-c2ncccn2)c1)NC(c1ccccc1)C1CCC1. The Morgan fingerprint density at radius 2 is 1.88 bits per heavy atom. The molecule has 0 bridgehead atoms. The van der Waals surface area contributed by atoms with Gasteiger partial charge in [0.1, 0.15) is 0 Å². The first-order chi connectivity index (χ1) is 12.8. The molecule has 132 valence electrons. The summed E-state index contributed by atoms with van der Waals surface area (Å²) in [6, 6.07) is 11.7. The summed E-state index contributed by atoms with van der Waals surface area (Å²) in [6.07, 6.45) is 10.1. The number of nitrogens with zero attached hydrogens (tertiary/aromatic N) is 4.